The molecule has 2 N–H and O–H groups in total. The third-order valence-electron chi connectivity index (χ3n) is 3.96. The van der Waals surface area contributed by atoms with Crippen molar-refractivity contribution >= 4 is 23.3 Å². The molecule has 0 radical (unpaired) electrons. The van der Waals surface area contributed by atoms with Gasteiger partial charge in [-0.2, -0.15) is 0 Å². The highest BCUT2D eigenvalue weighted by molar-refractivity contribution is 7.13. The van der Waals surface area contributed by atoms with E-state index in [1.807, 2.05) is 13.0 Å². The van der Waals surface area contributed by atoms with Crippen LogP contribution in [-0.4, -0.2) is 43.6 Å². The Bertz CT molecular complexity index is 873. The molecule has 1 unspecified atom stereocenters. The number of guanidine groups is 1. The summed E-state index contributed by atoms with van der Waals surface area (Å²) in [7, 11) is 1.64. The summed E-state index contributed by atoms with van der Waals surface area (Å²) in [5.74, 6) is 0.546. The molecule has 1 heterocycles. The Kier molecular flexibility index (Phi) is 8.97. The molecular formula is C20H26F2N4O3S. The van der Waals surface area contributed by atoms with Gasteiger partial charge in [0.05, 0.1) is 18.3 Å². The van der Waals surface area contributed by atoms with Crippen LogP contribution >= 0.6 is 11.3 Å². The van der Waals surface area contributed by atoms with Crippen molar-refractivity contribution in [3.8, 4) is 5.75 Å². The molecule has 10 heteroatoms. The first-order valence-electron chi connectivity index (χ1n) is 9.45. The second-order valence-corrected chi connectivity index (χ2v) is 7.36. The summed E-state index contributed by atoms with van der Waals surface area (Å²) in [5.41, 5.74) is 1.48. The van der Waals surface area contributed by atoms with Crippen LogP contribution in [0.3, 0.4) is 0 Å². The number of halogens is 2. The summed E-state index contributed by atoms with van der Waals surface area (Å²) in [6.45, 7) is 5.54. The van der Waals surface area contributed by atoms with E-state index in [0.717, 1.165) is 10.6 Å². The summed E-state index contributed by atoms with van der Waals surface area (Å²) in [6, 6.07) is 6.74. The van der Waals surface area contributed by atoms with Crippen LogP contribution in [0, 0.1) is 6.92 Å². The van der Waals surface area contributed by atoms with Gasteiger partial charge in [0.25, 0.3) is 6.43 Å². The summed E-state index contributed by atoms with van der Waals surface area (Å²) < 4.78 is 34.7. The maximum absolute atomic E-state index is 12.3. The van der Waals surface area contributed by atoms with Crippen molar-refractivity contribution in [1.29, 1.82) is 0 Å². The Morgan fingerprint density at radius 2 is 2.13 bits per heavy atom. The van der Waals surface area contributed by atoms with Gasteiger partial charge in [-0.15, -0.1) is 11.3 Å². The third-order valence-corrected chi connectivity index (χ3v) is 5.28. The number of nitrogens with one attached hydrogen (secondary N) is 2. The molecule has 2 rings (SSSR count). The zero-order valence-corrected chi connectivity index (χ0v) is 18.2. The lowest BCUT2D eigenvalue weighted by molar-refractivity contribution is 0.0531. The number of thiazole rings is 1. The number of hydrogen-bond donors (Lipinski definition) is 2. The highest BCUT2D eigenvalue weighted by Crippen LogP contribution is 2.24. The summed E-state index contributed by atoms with van der Waals surface area (Å²) >= 11 is 1.28. The number of esters is 1. The molecular weight excluding hydrogens is 414 g/mol. The van der Waals surface area contributed by atoms with E-state index in [1.54, 1.807) is 39.1 Å². The lowest BCUT2D eigenvalue weighted by Crippen LogP contribution is -2.38. The topological polar surface area (TPSA) is 84.8 Å². The molecule has 0 aliphatic rings. The minimum atomic E-state index is -2.52. The average Bonchev–Trinajstić information content (AvgIpc) is 3.12. The molecule has 0 spiro atoms. The Hall–Kier alpha value is -2.75. The predicted molar refractivity (Wildman–Crippen MR) is 112 cm³/mol. The van der Waals surface area contributed by atoms with Crippen molar-refractivity contribution in [2.75, 3.05) is 20.3 Å². The van der Waals surface area contributed by atoms with E-state index >= 15 is 0 Å². The first-order valence-corrected chi connectivity index (χ1v) is 10.3. The van der Waals surface area contributed by atoms with Gasteiger partial charge in [-0.1, -0.05) is 12.1 Å². The van der Waals surface area contributed by atoms with Crippen molar-refractivity contribution in [1.82, 2.24) is 15.6 Å². The number of aliphatic imine (C=N–C) groups is 1. The summed E-state index contributed by atoms with van der Waals surface area (Å²) in [6.07, 6.45) is -2.52. The van der Waals surface area contributed by atoms with Crippen LogP contribution in [-0.2, 0) is 11.3 Å². The number of hydrogen-bond acceptors (Lipinski definition) is 6. The van der Waals surface area contributed by atoms with Gasteiger partial charge in [0, 0.05) is 13.6 Å². The van der Waals surface area contributed by atoms with Crippen LogP contribution in [0.1, 0.15) is 45.8 Å². The SMILES string of the molecule is CCOC(=O)c1sc(C(C)NC(=NC)NCc2cccc(OCC(F)F)c2)nc1C. The monoisotopic (exact) mass is 440 g/mol. The molecule has 30 heavy (non-hydrogen) atoms. The molecule has 1 atom stereocenters. The van der Waals surface area contributed by atoms with Crippen molar-refractivity contribution in [2.45, 2.75) is 39.8 Å². The number of ether oxygens (including phenoxy) is 2. The van der Waals surface area contributed by atoms with Gasteiger partial charge < -0.3 is 20.1 Å². The fraction of sp³-hybridized carbons (Fsp3) is 0.450. The van der Waals surface area contributed by atoms with Crippen LogP contribution in [0.4, 0.5) is 8.78 Å². The molecule has 7 nitrogen and oxygen atoms in total. The van der Waals surface area contributed by atoms with E-state index in [4.69, 9.17) is 9.47 Å². The van der Waals surface area contributed by atoms with Gasteiger partial charge in [-0.25, -0.2) is 18.6 Å². The van der Waals surface area contributed by atoms with Crippen LogP contribution in [0.15, 0.2) is 29.3 Å². The van der Waals surface area contributed by atoms with Crippen molar-refractivity contribution in [2.24, 2.45) is 4.99 Å². The Morgan fingerprint density at radius 3 is 2.80 bits per heavy atom. The molecule has 0 bridgehead atoms. The molecule has 0 fully saturated rings. The molecule has 164 valence electrons. The molecule has 0 amide bonds. The van der Waals surface area contributed by atoms with Gasteiger partial charge in [-0.05, 0) is 38.5 Å². The van der Waals surface area contributed by atoms with E-state index in [-0.39, 0.29) is 12.0 Å². The maximum atomic E-state index is 12.3. The fourth-order valence-corrected chi connectivity index (χ4v) is 3.50. The van der Waals surface area contributed by atoms with Crippen LogP contribution in [0.2, 0.25) is 0 Å². The van der Waals surface area contributed by atoms with E-state index in [2.05, 4.69) is 20.6 Å². The molecule has 0 aliphatic carbocycles. The number of alkyl halides is 2. The normalized spacial score (nSPS) is 12.6. The Morgan fingerprint density at radius 1 is 1.37 bits per heavy atom. The van der Waals surface area contributed by atoms with Crippen molar-refractivity contribution < 1.29 is 23.0 Å². The lowest BCUT2D eigenvalue weighted by atomic mass is 10.2. The zero-order valence-electron chi connectivity index (χ0n) is 17.4. The van der Waals surface area contributed by atoms with Gasteiger partial charge >= 0.3 is 5.97 Å². The quantitative estimate of drug-likeness (QED) is 0.351. The number of carbonyl (C=O) groups excluding carboxylic acids is 1. The van der Waals surface area contributed by atoms with Crippen LogP contribution in [0.25, 0.3) is 0 Å². The second-order valence-electron chi connectivity index (χ2n) is 6.33. The number of aryl methyl sites for hydroxylation is 1. The second kappa shape index (κ2) is 11.4. The first-order chi connectivity index (χ1) is 14.3. The summed E-state index contributed by atoms with van der Waals surface area (Å²) in [4.78, 5) is 21.1. The number of aromatic nitrogens is 1. The molecule has 1 aromatic carbocycles. The predicted octanol–water partition coefficient (Wildman–Crippen LogP) is 3.70. The van der Waals surface area contributed by atoms with E-state index in [9.17, 15) is 13.6 Å². The molecule has 2 aromatic rings. The Labute approximate surface area is 178 Å². The van der Waals surface area contributed by atoms with Crippen molar-refractivity contribution in [3.63, 3.8) is 0 Å². The van der Waals surface area contributed by atoms with Gasteiger partial charge in [0.15, 0.2) is 5.96 Å². The van der Waals surface area contributed by atoms with Crippen LogP contribution in [0.5, 0.6) is 5.75 Å². The van der Waals surface area contributed by atoms with Gasteiger partial charge in [0.2, 0.25) is 0 Å². The summed E-state index contributed by atoms with van der Waals surface area (Å²) in [5, 5.41) is 7.12. The van der Waals surface area contributed by atoms with E-state index in [1.165, 1.54) is 11.3 Å². The maximum Gasteiger partial charge on any atom is 0.350 e. The van der Waals surface area contributed by atoms with E-state index in [0.29, 0.717) is 35.4 Å². The molecule has 1 aromatic heterocycles. The number of benzene rings is 1. The van der Waals surface area contributed by atoms with Gasteiger partial charge in [-0.3, -0.25) is 4.99 Å². The molecule has 0 saturated carbocycles. The Balaban J connectivity index is 1.95. The van der Waals surface area contributed by atoms with E-state index < -0.39 is 13.0 Å². The fourth-order valence-electron chi connectivity index (χ4n) is 2.54. The lowest BCUT2D eigenvalue weighted by Gasteiger charge is -2.16. The highest BCUT2D eigenvalue weighted by atomic mass is 32.1. The van der Waals surface area contributed by atoms with Crippen molar-refractivity contribution in [3.05, 3.63) is 45.4 Å². The number of nitrogens with zero attached hydrogens (tertiary/aromatic N) is 2. The minimum Gasteiger partial charge on any atom is -0.488 e. The molecule has 0 aliphatic heterocycles. The largest absolute Gasteiger partial charge is 0.488 e. The van der Waals surface area contributed by atoms with Crippen LogP contribution < -0.4 is 15.4 Å². The highest BCUT2D eigenvalue weighted by Gasteiger charge is 2.20. The first kappa shape index (κ1) is 23.5. The minimum absolute atomic E-state index is 0.191. The number of rotatable bonds is 9. The average molecular weight is 441 g/mol. The smallest absolute Gasteiger partial charge is 0.350 e. The number of carbonyl (C=O) groups is 1. The van der Waals surface area contributed by atoms with Gasteiger partial charge in [0.1, 0.15) is 22.2 Å². The third kappa shape index (κ3) is 6.94. The zero-order chi connectivity index (χ0) is 22.1. The molecule has 0 saturated heterocycles. The standard InChI is InChI=1S/C20H26F2N4O3S/c1-5-28-19(27)17-12(2)25-18(30-17)13(3)26-20(23-4)24-10-14-7-6-8-15(9-14)29-11-16(21)22/h6-9,13,16H,5,10-11H2,1-4H3,(H2,23,24,26).